The number of thiol groups is 1. The van der Waals surface area contributed by atoms with Gasteiger partial charge in [-0.25, -0.2) is 0 Å². The number of Topliss-reactive ketones (excluding diaryl/α,β-unsaturated/α-hetero) is 1. The average molecular weight is 280 g/mol. The molecule has 0 fully saturated rings. The summed E-state index contributed by atoms with van der Waals surface area (Å²) in [6.07, 6.45) is 0.360. The summed E-state index contributed by atoms with van der Waals surface area (Å²) in [4.78, 5) is 11.9. The summed E-state index contributed by atoms with van der Waals surface area (Å²) in [5.41, 5.74) is 0.929. The van der Waals surface area contributed by atoms with E-state index >= 15 is 0 Å². The topological polar surface area (TPSA) is 17.1 Å². The van der Waals surface area contributed by atoms with E-state index in [2.05, 4.69) is 28.6 Å². The number of alkyl halides is 1. The maximum absolute atomic E-state index is 11.1. The third-order valence-electron chi connectivity index (χ3n) is 1.57. The monoisotopic (exact) mass is 278 g/mol. The molecule has 0 aliphatic heterocycles. The van der Waals surface area contributed by atoms with Gasteiger partial charge in [0, 0.05) is 15.8 Å². The number of rotatable bonds is 3. The van der Waals surface area contributed by atoms with Crippen LogP contribution in [0.25, 0.3) is 0 Å². The van der Waals surface area contributed by atoms with Gasteiger partial charge in [-0.15, -0.1) is 24.2 Å². The van der Waals surface area contributed by atoms with Crippen LogP contribution in [-0.2, 0) is 11.2 Å². The smallest absolute Gasteiger partial charge is 0.151 e. The molecule has 0 unspecified atom stereocenters. The summed E-state index contributed by atoms with van der Waals surface area (Å²) in [7, 11) is 0. The van der Waals surface area contributed by atoms with E-state index in [1.807, 2.05) is 18.2 Å². The van der Waals surface area contributed by atoms with E-state index in [9.17, 15) is 4.79 Å². The molecule has 0 spiro atoms. The van der Waals surface area contributed by atoms with Crippen LogP contribution in [0.5, 0.6) is 0 Å². The first-order chi connectivity index (χ1) is 6.13. The lowest BCUT2D eigenvalue weighted by atomic mass is 10.1. The van der Waals surface area contributed by atoms with E-state index in [0.29, 0.717) is 6.42 Å². The molecule has 1 rings (SSSR count). The van der Waals surface area contributed by atoms with Gasteiger partial charge in [-0.3, -0.25) is 4.79 Å². The van der Waals surface area contributed by atoms with Gasteiger partial charge in [0.2, 0.25) is 0 Å². The van der Waals surface area contributed by atoms with Gasteiger partial charge in [0.1, 0.15) is 0 Å². The second-order valence-corrected chi connectivity index (χ2v) is 4.26. The Morgan fingerprint density at radius 2 is 2.23 bits per heavy atom. The van der Waals surface area contributed by atoms with Crippen molar-refractivity contribution in [1.82, 2.24) is 0 Å². The Morgan fingerprint density at radius 3 is 2.85 bits per heavy atom. The molecule has 0 aliphatic carbocycles. The minimum Gasteiger partial charge on any atom is -0.298 e. The van der Waals surface area contributed by atoms with E-state index < -0.39 is 0 Å². The zero-order valence-corrected chi connectivity index (χ0v) is 9.99. The molecule has 1 aromatic carbocycles. The quantitative estimate of drug-likeness (QED) is 0.665. The predicted molar refractivity (Wildman–Crippen MR) is 60.8 cm³/mol. The van der Waals surface area contributed by atoms with Gasteiger partial charge in [0.05, 0.1) is 5.88 Å². The molecular formula is C9H8BrClOS. The van der Waals surface area contributed by atoms with Crippen molar-refractivity contribution in [3.63, 3.8) is 0 Å². The molecule has 0 N–H and O–H groups in total. The van der Waals surface area contributed by atoms with Crippen LogP contribution in [0.2, 0.25) is 0 Å². The Labute approximate surface area is 96.0 Å². The van der Waals surface area contributed by atoms with Crippen LogP contribution in [0, 0.1) is 0 Å². The molecular weight excluding hydrogens is 272 g/mol. The van der Waals surface area contributed by atoms with Gasteiger partial charge in [-0.1, -0.05) is 15.9 Å². The van der Waals surface area contributed by atoms with Gasteiger partial charge in [0.15, 0.2) is 5.78 Å². The van der Waals surface area contributed by atoms with Crippen molar-refractivity contribution in [3.8, 4) is 0 Å². The van der Waals surface area contributed by atoms with E-state index in [-0.39, 0.29) is 11.7 Å². The first-order valence-electron chi connectivity index (χ1n) is 3.68. The fourth-order valence-electron chi connectivity index (χ4n) is 0.956. The van der Waals surface area contributed by atoms with Gasteiger partial charge in [0.25, 0.3) is 0 Å². The van der Waals surface area contributed by atoms with Crippen molar-refractivity contribution in [2.24, 2.45) is 0 Å². The number of halogens is 2. The summed E-state index contributed by atoms with van der Waals surface area (Å²) in [6.45, 7) is 0. The number of hydrogen-bond acceptors (Lipinski definition) is 2. The lowest BCUT2D eigenvalue weighted by Gasteiger charge is -2.02. The Balaban J connectivity index is 2.87. The predicted octanol–water partition coefficient (Wildman–Crippen LogP) is 3.09. The van der Waals surface area contributed by atoms with E-state index in [4.69, 9.17) is 11.6 Å². The van der Waals surface area contributed by atoms with E-state index in [1.165, 1.54) is 0 Å². The lowest BCUT2D eigenvalue weighted by molar-refractivity contribution is -0.116. The van der Waals surface area contributed by atoms with Crippen LogP contribution in [-0.4, -0.2) is 11.7 Å². The largest absolute Gasteiger partial charge is 0.298 e. The molecule has 4 heteroatoms. The lowest BCUT2D eigenvalue weighted by Crippen LogP contribution is -2.04. The highest BCUT2D eigenvalue weighted by Crippen LogP contribution is 2.20. The Bertz CT molecular complexity index is 327. The molecule has 13 heavy (non-hydrogen) atoms. The summed E-state index contributed by atoms with van der Waals surface area (Å²) < 4.78 is 0.920. The van der Waals surface area contributed by atoms with Crippen LogP contribution in [0.3, 0.4) is 0 Å². The number of benzene rings is 1. The first kappa shape index (κ1) is 11.1. The second-order valence-electron chi connectivity index (χ2n) is 2.62. The first-order valence-corrected chi connectivity index (χ1v) is 5.46. The zero-order valence-electron chi connectivity index (χ0n) is 6.76. The summed E-state index contributed by atoms with van der Waals surface area (Å²) in [5, 5.41) is 0. The van der Waals surface area contributed by atoms with Crippen molar-refractivity contribution < 1.29 is 4.79 Å². The molecule has 0 heterocycles. The van der Waals surface area contributed by atoms with E-state index in [1.54, 1.807) is 0 Å². The highest BCUT2D eigenvalue weighted by molar-refractivity contribution is 9.10. The van der Waals surface area contributed by atoms with Crippen molar-refractivity contribution in [1.29, 1.82) is 0 Å². The fraction of sp³-hybridized carbons (Fsp3) is 0.222. The van der Waals surface area contributed by atoms with Crippen molar-refractivity contribution in [3.05, 3.63) is 28.2 Å². The number of carbonyl (C=O) groups is 1. The molecule has 0 radical (unpaired) electrons. The van der Waals surface area contributed by atoms with E-state index in [0.717, 1.165) is 14.9 Å². The van der Waals surface area contributed by atoms with Crippen molar-refractivity contribution in [2.75, 3.05) is 5.88 Å². The number of ketones is 1. The molecule has 1 nitrogen and oxygen atoms in total. The minimum absolute atomic E-state index is 0.0151. The van der Waals surface area contributed by atoms with Crippen molar-refractivity contribution >= 4 is 45.9 Å². The van der Waals surface area contributed by atoms with Gasteiger partial charge in [-0.05, 0) is 23.8 Å². The maximum atomic E-state index is 11.1. The van der Waals surface area contributed by atoms with Crippen LogP contribution >= 0.6 is 40.2 Å². The molecule has 0 amide bonds. The van der Waals surface area contributed by atoms with Gasteiger partial charge >= 0.3 is 0 Å². The van der Waals surface area contributed by atoms with Crippen LogP contribution in [0.4, 0.5) is 0 Å². The minimum atomic E-state index is 0.0151. The second kappa shape index (κ2) is 5.03. The molecule has 0 atom stereocenters. The fourth-order valence-corrected chi connectivity index (χ4v) is 1.67. The molecule has 0 aromatic heterocycles. The zero-order chi connectivity index (χ0) is 9.84. The Morgan fingerprint density at radius 1 is 1.54 bits per heavy atom. The summed E-state index contributed by atoms with van der Waals surface area (Å²) in [5.74, 6) is 0.0739. The van der Waals surface area contributed by atoms with Crippen LogP contribution in [0.1, 0.15) is 5.56 Å². The molecule has 0 aliphatic rings. The molecule has 0 bridgehead atoms. The standard InChI is InChI=1S/C9H8BrClOS/c10-9-2-1-8(13)4-6(9)3-7(12)5-11/h1-2,4,13H,3,5H2. The average Bonchev–Trinajstić information content (AvgIpc) is 2.11. The Kier molecular flexibility index (Phi) is 4.29. The van der Waals surface area contributed by atoms with Crippen molar-refractivity contribution in [2.45, 2.75) is 11.3 Å². The number of carbonyl (C=O) groups excluding carboxylic acids is 1. The molecule has 1 aromatic rings. The summed E-state index contributed by atoms with van der Waals surface area (Å²) in [6, 6.07) is 5.60. The van der Waals surface area contributed by atoms with Gasteiger partial charge in [-0.2, -0.15) is 0 Å². The Hall–Kier alpha value is 0.01000. The maximum Gasteiger partial charge on any atom is 0.151 e. The molecule has 0 saturated heterocycles. The van der Waals surface area contributed by atoms with Crippen LogP contribution in [0.15, 0.2) is 27.6 Å². The molecule has 70 valence electrons. The third kappa shape index (κ3) is 3.33. The van der Waals surface area contributed by atoms with Gasteiger partial charge < -0.3 is 0 Å². The SMILES string of the molecule is O=C(CCl)Cc1cc(S)ccc1Br. The highest BCUT2D eigenvalue weighted by Gasteiger charge is 2.05. The number of hydrogen-bond donors (Lipinski definition) is 1. The third-order valence-corrected chi connectivity index (χ3v) is 2.92. The van der Waals surface area contributed by atoms with Crippen LogP contribution < -0.4 is 0 Å². The normalized spacial score (nSPS) is 10.1. The summed E-state index contributed by atoms with van der Waals surface area (Å²) >= 11 is 13.0. The molecule has 0 saturated carbocycles. The highest BCUT2D eigenvalue weighted by atomic mass is 79.9.